The van der Waals surface area contributed by atoms with Crippen LogP contribution >= 0.6 is 0 Å². The molecule has 0 fully saturated rings. The second-order valence-electron chi connectivity index (χ2n) is 5.03. The minimum absolute atomic E-state index is 0.0742. The number of sulfonamides is 1. The monoisotopic (exact) mass is 316 g/mol. The van der Waals surface area contributed by atoms with Gasteiger partial charge in [-0.1, -0.05) is 19.1 Å². The molecule has 7 heteroatoms. The van der Waals surface area contributed by atoms with Gasteiger partial charge >= 0.3 is 0 Å². The second-order valence-corrected chi connectivity index (χ2v) is 6.86. The molecule has 118 valence electrons. The molecule has 0 bridgehead atoms. The summed E-state index contributed by atoms with van der Waals surface area (Å²) in [5.41, 5.74) is 0.781. The van der Waals surface area contributed by atoms with E-state index in [1.807, 2.05) is 6.92 Å². The van der Waals surface area contributed by atoms with Crippen molar-refractivity contribution in [1.29, 1.82) is 0 Å². The van der Waals surface area contributed by atoms with Crippen molar-refractivity contribution < 1.29 is 17.6 Å². The van der Waals surface area contributed by atoms with E-state index >= 15 is 0 Å². The molecule has 0 aliphatic rings. The maximum atomic E-state index is 13.1. The van der Waals surface area contributed by atoms with E-state index in [-0.39, 0.29) is 24.1 Å². The highest BCUT2D eigenvalue weighted by molar-refractivity contribution is 7.88. The number of benzene rings is 1. The smallest absolute Gasteiger partial charge is 0.220 e. The topological polar surface area (TPSA) is 75.3 Å². The summed E-state index contributed by atoms with van der Waals surface area (Å²) < 4.78 is 37.1. The summed E-state index contributed by atoms with van der Waals surface area (Å²) in [6.45, 7) is 2.55. The highest BCUT2D eigenvalue weighted by atomic mass is 32.2. The quantitative estimate of drug-likeness (QED) is 0.711. The molecule has 1 atom stereocenters. The molecule has 21 heavy (non-hydrogen) atoms. The Morgan fingerprint density at radius 3 is 2.67 bits per heavy atom. The Labute approximate surface area is 125 Å². The molecule has 0 saturated heterocycles. The summed E-state index contributed by atoms with van der Waals surface area (Å²) in [6, 6.07) is 6.20. The lowest BCUT2D eigenvalue weighted by Crippen LogP contribution is -2.29. The lowest BCUT2D eigenvalue weighted by molar-refractivity contribution is -0.121. The largest absolute Gasteiger partial charge is 0.356 e. The van der Waals surface area contributed by atoms with Gasteiger partial charge in [-0.3, -0.25) is 4.79 Å². The normalized spacial score (nSPS) is 12.9. The van der Waals surface area contributed by atoms with Crippen LogP contribution in [0.15, 0.2) is 24.3 Å². The van der Waals surface area contributed by atoms with Crippen molar-refractivity contribution in [3.05, 3.63) is 35.6 Å². The van der Waals surface area contributed by atoms with Crippen LogP contribution in [0.2, 0.25) is 0 Å². The van der Waals surface area contributed by atoms with Gasteiger partial charge in [0.2, 0.25) is 15.9 Å². The molecule has 0 heterocycles. The van der Waals surface area contributed by atoms with Crippen molar-refractivity contribution >= 4 is 15.9 Å². The van der Waals surface area contributed by atoms with Gasteiger partial charge < -0.3 is 5.32 Å². The fourth-order valence-corrected chi connectivity index (χ4v) is 2.37. The van der Waals surface area contributed by atoms with Crippen molar-refractivity contribution in [2.45, 2.75) is 25.7 Å². The molecule has 1 aromatic rings. The molecule has 0 aliphatic carbocycles. The molecule has 0 saturated carbocycles. The van der Waals surface area contributed by atoms with Gasteiger partial charge in [0.05, 0.1) is 6.26 Å². The predicted molar refractivity (Wildman–Crippen MR) is 79.9 cm³/mol. The molecule has 0 aliphatic heterocycles. The summed E-state index contributed by atoms with van der Waals surface area (Å²) in [4.78, 5) is 11.7. The Morgan fingerprint density at radius 1 is 1.33 bits per heavy atom. The maximum Gasteiger partial charge on any atom is 0.220 e. The molecule has 0 radical (unpaired) electrons. The minimum Gasteiger partial charge on any atom is -0.356 e. The van der Waals surface area contributed by atoms with Crippen molar-refractivity contribution in [2.24, 2.45) is 0 Å². The number of carbonyl (C=O) groups is 1. The van der Waals surface area contributed by atoms with Gasteiger partial charge in [-0.05, 0) is 30.0 Å². The first-order valence-corrected chi connectivity index (χ1v) is 8.64. The van der Waals surface area contributed by atoms with E-state index in [2.05, 4.69) is 10.0 Å². The molecule has 1 rings (SSSR count). The summed E-state index contributed by atoms with van der Waals surface area (Å²) in [6.07, 6.45) is 1.88. The summed E-state index contributed by atoms with van der Waals surface area (Å²) in [5, 5.41) is 2.72. The maximum absolute atomic E-state index is 13.1. The van der Waals surface area contributed by atoms with E-state index in [9.17, 15) is 17.6 Å². The van der Waals surface area contributed by atoms with Crippen LogP contribution in [-0.4, -0.2) is 33.7 Å². The van der Waals surface area contributed by atoms with Crippen LogP contribution in [0, 0.1) is 5.82 Å². The first kappa shape index (κ1) is 17.6. The Kier molecular flexibility index (Phi) is 6.77. The van der Waals surface area contributed by atoms with E-state index in [1.165, 1.54) is 12.1 Å². The van der Waals surface area contributed by atoms with Crippen LogP contribution < -0.4 is 10.0 Å². The van der Waals surface area contributed by atoms with Crippen molar-refractivity contribution in [3.8, 4) is 0 Å². The fourth-order valence-electron chi connectivity index (χ4n) is 1.85. The highest BCUT2D eigenvalue weighted by Gasteiger charge is 2.11. The molecule has 1 unspecified atom stereocenters. The van der Waals surface area contributed by atoms with E-state index < -0.39 is 10.0 Å². The molecule has 1 amide bonds. The first-order chi connectivity index (χ1) is 9.78. The molecule has 1 aromatic carbocycles. The number of hydrogen-bond acceptors (Lipinski definition) is 3. The average molecular weight is 316 g/mol. The van der Waals surface area contributed by atoms with Gasteiger partial charge in [0.1, 0.15) is 5.82 Å². The highest BCUT2D eigenvalue weighted by Crippen LogP contribution is 2.19. The lowest BCUT2D eigenvalue weighted by atomic mass is 9.97. The average Bonchev–Trinajstić information content (AvgIpc) is 2.36. The van der Waals surface area contributed by atoms with Gasteiger partial charge in [-0.2, -0.15) is 0 Å². The number of carbonyl (C=O) groups excluding carboxylic acids is 1. The zero-order valence-corrected chi connectivity index (χ0v) is 13.0. The van der Waals surface area contributed by atoms with Crippen LogP contribution in [-0.2, 0) is 14.8 Å². The first-order valence-electron chi connectivity index (χ1n) is 6.75. The number of rotatable bonds is 8. The Bertz CT molecular complexity index is 575. The molecular formula is C14H21FN2O3S. The lowest BCUT2D eigenvalue weighted by Gasteiger charge is -2.12. The van der Waals surface area contributed by atoms with Crippen molar-refractivity contribution in [3.63, 3.8) is 0 Å². The van der Waals surface area contributed by atoms with Crippen LogP contribution in [0.25, 0.3) is 0 Å². The third-order valence-electron chi connectivity index (χ3n) is 2.95. The standard InChI is InChI=1S/C14H21FN2O3S/c1-11(12-5-3-6-13(15)10-12)9-14(18)16-7-4-8-17-21(2,19)20/h3,5-6,10-11,17H,4,7-9H2,1-2H3,(H,16,18). The predicted octanol–water partition coefficient (Wildman–Crippen LogP) is 1.37. The van der Waals surface area contributed by atoms with Crippen molar-refractivity contribution in [2.75, 3.05) is 19.3 Å². The molecule has 0 spiro atoms. The third kappa shape index (κ3) is 7.77. The summed E-state index contributed by atoms with van der Waals surface area (Å²) in [7, 11) is -3.18. The van der Waals surface area contributed by atoms with Crippen molar-refractivity contribution in [1.82, 2.24) is 10.0 Å². The molecule has 0 aromatic heterocycles. The molecule has 2 N–H and O–H groups in total. The molecule has 5 nitrogen and oxygen atoms in total. The van der Waals surface area contributed by atoms with Gasteiger partial charge in [0.25, 0.3) is 0 Å². The Balaban J connectivity index is 2.27. The van der Waals surface area contributed by atoms with Crippen LogP contribution in [0.5, 0.6) is 0 Å². The van der Waals surface area contributed by atoms with E-state index in [0.29, 0.717) is 19.5 Å². The third-order valence-corrected chi connectivity index (χ3v) is 3.68. The number of amides is 1. The minimum atomic E-state index is -3.18. The Morgan fingerprint density at radius 2 is 2.05 bits per heavy atom. The van der Waals surface area contributed by atoms with Crippen LogP contribution in [0.1, 0.15) is 31.2 Å². The van der Waals surface area contributed by atoms with Gasteiger partial charge in [0.15, 0.2) is 0 Å². The van der Waals surface area contributed by atoms with Crippen LogP contribution in [0.3, 0.4) is 0 Å². The number of nitrogens with one attached hydrogen (secondary N) is 2. The van der Waals surface area contributed by atoms with Gasteiger partial charge in [-0.25, -0.2) is 17.5 Å². The van der Waals surface area contributed by atoms with E-state index in [1.54, 1.807) is 12.1 Å². The van der Waals surface area contributed by atoms with Crippen LogP contribution in [0.4, 0.5) is 4.39 Å². The zero-order chi connectivity index (χ0) is 15.9. The number of halogens is 1. The SMILES string of the molecule is CC(CC(=O)NCCCNS(C)(=O)=O)c1cccc(F)c1. The Hall–Kier alpha value is -1.47. The second kappa shape index (κ2) is 8.09. The fraction of sp³-hybridized carbons (Fsp3) is 0.500. The molecular weight excluding hydrogens is 295 g/mol. The summed E-state index contributed by atoms with van der Waals surface area (Å²) >= 11 is 0. The van der Waals surface area contributed by atoms with E-state index in [4.69, 9.17) is 0 Å². The summed E-state index contributed by atoms with van der Waals surface area (Å²) in [5.74, 6) is -0.521. The van der Waals surface area contributed by atoms with Gasteiger partial charge in [-0.15, -0.1) is 0 Å². The van der Waals surface area contributed by atoms with E-state index in [0.717, 1.165) is 11.8 Å². The number of hydrogen-bond donors (Lipinski definition) is 2. The van der Waals surface area contributed by atoms with Gasteiger partial charge in [0, 0.05) is 19.5 Å². The zero-order valence-electron chi connectivity index (χ0n) is 12.2.